The Labute approximate surface area is 185 Å². The third-order valence-corrected chi connectivity index (χ3v) is 5.44. The van der Waals surface area contributed by atoms with E-state index >= 15 is 0 Å². The van der Waals surface area contributed by atoms with Crippen LogP contribution in [0.5, 0.6) is 0 Å². The zero-order valence-corrected chi connectivity index (χ0v) is 17.4. The standard InChI is InChI=1S/C23H23FN6O2/c24-19-1-4-21(5-2-19)30-16-18(15-26-30)23(32)27-20-3-6-22(17(13-20)14-25)29-9-7-28(8-10-29)11-12-31/h1-6,13,15-16,31H,7-12H2,(H,27,32). The van der Waals surface area contributed by atoms with Crippen LogP contribution < -0.4 is 10.2 Å². The Morgan fingerprint density at radius 2 is 1.91 bits per heavy atom. The van der Waals surface area contributed by atoms with Crippen LogP contribution >= 0.6 is 0 Å². The molecule has 2 N–H and O–H groups in total. The molecular weight excluding hydrogens is 411 g/mol. The smallest absolute Gasteiger partial charge is 0.258 e. The average Bonchev–Trinajstić information content (AvgIpc) is 3.31. The fraction of sp³-hybridized carbons (Fsp3) is 0.261. The minimum absolute atomic E-state index is 0.140. The summed E-state index contributed by atoms with van der Waals surface area (Å²) < 4.78 is 14.6. The van der Waals surface area contributed by atoms with Crippen LogP contribution in [0.2, 0.25) is 0 Å². The predicted molar refractivity (Wildman–Crippen MR) is 118 cm³/mol. The molecule has 4 rings (SSSR count). The number of piperazine rings is 1. The van der Waals surface area contributed by atoms with Crippen molar-refractivity contribution in [3.05, 3.63) is 71.8 Å². The van der Waals surface area contributed by atoms with Crippen LogP contribution in [-0.4, -0.2) is 65.0 Å². The van der Waals surface area contributed by atoms with Gasteiger partial charge < -0.3 is 15.3 Å². The lowest BCUT2D eigenvalue weighted by atomic mass is 10.1. The van der Waals surface area contributed by atoms with E-state index in [4.69, 9.17) is 5.11 Å². The van der Waals surface area contributed by atoms with Gasteiger partial charge in [0.05, 0.1) is 35.3 Å². The average molecular weight is 434 g/mol. The van der Waals surface area contributed by atoms with Crippen molar-refractivity contribution >= 4 is 17.3 Å². The Hall–Kier alpha value is -3.74. The van der Waals surface area contributed by atoms with Gasteiger partial charge >= 0.3 is 0 Å². The van der Waals surface area contributed by atoms with Crippen molar-refractivity contribution in [1.82, 2.24) is 14.7 Å². The Morgan fingerprint density at radius 1 is 1.16 bits per heavy atom. The Kier molecular flexibility index (Phi) is 6.44. The highest BCUT2D eigenvalue weighted by atomic mass is 19.1. The summed E-state index contributed by atoms with van der Waals surface area (Å²) >= 11 is 0. The number of hydrogen-bond donors (Lipinski definition) is 2. The van der Waals surface area contributed by atoms with E-state index in [0.29, 0.717) is 29.0 Å². The van der Waals surface area contributed by atoms with Gasteiger partial charge in [-0.1, -0.05) is 0 Å². The second-order valence-electron chi connectivity index (χ2n) is 7.50. The molecule has 0 radical (unpaired) electrons. The van der Waals surface area contributed by atoms with E-state index < -0.39 is 0 Å². The summed E-state index contributed by atoms with van der Waals surface area (Å²) in [5.41, 5.74) is 2.82. The Bertz CT molecular complexity index is 1130. The molecule has 0 aliphatic carbocycles. The van der Waals surface area contributed by atoms with E-state index in [9.17, 15) is 14.4 Å². The number of halogens is 1. The van der Waals surface area contributed by atoms with E-state index in [-0.39, 0.29) is 18.3 Å². The van der Waals surface area contributed by atoms with Gasteiger partial charge in [-0.15, -0.1) is 0 Å². The third-order valence-electron chi connectivity index (χ3n) is 5.44. The van der Waals surface area contributed by atoms with Crippen LogP contribution in [0.3, 0.4) is 0 Å². The lowest BCUT2D eigenvalue weighted by molar-refractivity contribution is 0.102. The van der Waals surface area contributed by atoms with Crippen molar-refractivity contribution in [3.8, 4) is 11.8 Å². The van der Waals surface area contributed by atoms with Crippen LogP contribution in [0.4, 0.5) is 15.8 Å². The number of aliphatic hydroxyl groups excluding tert-OH is 1. The molecule has 0 atom stereocenters. The lowest BCUT2D eigenvalue weighted by Crippen LogP contribution is -2.47. The number of anilines is 2. The summed E-state index contributed by atoms with van der Waals surface area (Å²) in [7, 11) is 0. The van der Waals surface area contributed by atoms with Crippen LogP contribution in [0, 0.1) is 17.1 Å². The zero-order valence-electron chi connectivity index (χ0n) is 17.4. The largest absolute Gasteiger partial charge is 0.395 e. The van der Waals surface area contributed by atoms with Crippen molar-refractivity contribution < 1.29 is 14.3 Å². The number of nitrogens with one attached hydrogen (secondary N) is 1. The number of β-amino-alcohol motifs (C(OH)–C–C–N with tert-alkyl or cyclic N) is 1. The molecule has 8 nitrogen and oxygen atoms in total. The monoisotopic (exact) mass is 434 g/mol. The van der Waals surface area contributed by atoms with Crippen LogP contribution in [0.1, 0.15) is 15.9 Å². The number of amides is 1. The molecule has 2 heterocycles. The Morgan fingerprint density at radius 3 is 2.59 bits per heavy atom. The summed E-state index contributed by atoms with van der Waals surface area (Å²) in [6.45, 7) is 3.97. The molecule has 164 valence electrons. The number of nitriles is 1. The normalized spacial score (nSPS) is 14.2. The number of rotatable bonds is 6. The molecule has 1 aliphatic rings. The van der Waals surface area contributed by atoms with Gasteiger partial charge in [0.15, 0.2) is 0 Å². The highest BCUT2D eigenvalue weighted by molar-refractivity contribution is 6.04. The lowest BCUT2D eigenvalue weighted by Gasteiger charge is -2.36. The van der Waals surface area contributed by atoms with Gasteiger partial charge in [0.2, 0.25) is 0 Å². The van der Waals surface area contributed by atoms with Gasteiger partial charge in [0.1, 0.15) is 11.9 Å². The van der Waals surface area contributed by atoms with Gasteiger partial charge in [-0.3, -0.25) is 9.69 Å². The SMILES string of the molecule is N#Cc1cc(NC(=O)c2cnn(-c3ccc(F)cc3)c2)ccc1N1CCN(CCO)CC1. The second kappa shape index (κ2) is 9.60. The molecule has 1 fully saturated rings. The number of carbonyl (C=O) groups is 1. The molecule has 0 bridgehead atoms. The molecule has 0 unspecified atom stereocenters. The third kappa shape index (κ3) is 4.77. The molecule has 9 heteroatoms. The maximum Gasteiger partial charge on any atom is 0.258 e. The number of benzene rings is 2. The fourth-order valence-electron chi connectivity index (χ4n) is 3.71. The van der Waals surface area contributed by atoms with Gasteiger partial charge in [0.25, 0.3) is 5.91 Å². The first-order valence-corrected chi connectivity index (χ1v) is 10.3. The highest BCUT2D eigenvalue weighted by Gasteiger charge is 2.19. The van der Waals surface area contributed by atoms with Crippen molar-refractivity contribution in [2.24, 2.45) is 0 Å². The molecule has 32 heavy (non-hydrogen) atoms. The van der Waals surface area contributed by atoms with E-state index in [0.717, 1.165) is 31.9 Å². The molecular formula is C23H23FN6O2. The van der Waals surface area contributed by atoms with Gasteiger partial charge in [-0.25, -0.2) is 9.07 Å². The first-order chi connectivity index (χ1) is 15.6. The van der Waals surface area contributed by atoms with Crippen LogP contribution in [0.25, 0.3) is 5.69 Å². The summed E-state index contributed by atoms with van der Waals surface area (Å²) in [4.78, 5) is 17.0. The molecule has 0 saturated carbocycles. The molecule has 1 aromatic heterocycles. The quantitative estimate of drug-likeness (QED) is 0.618. The number of hydrogen-bond acceptors (Lipinski definition) is 6. The van der Waals surface area contributed by atoms with E-state index in [1.54, 1.807) is 30.5 Å². The van der Waals surface area contributed by atoms with Crippen molar-refractivity contribution in [3.63, 3.8) is 0 Å². The van der Waals surface area contributed by atoms with Crippen molar-refractivity contribution in [2.45, 2.75) is 0 Å². The molecule has 1 aliphatic heterocycles. The van der Waals surface area contributed by atoms with Gasteiger partial charge in [-0.05, 0) is 42.5 Å². The number of aliphatic hydroxyl groups is 1. The van der Waals surface area contributed by atoms with Crippen LogP contribution in [0.15, 0.2) is 54.9 Å². The zero-order chi connectivity index (χ0) is 22.5. The first kappa shape index (κ1) is 21.5. The van der Waals surface area contributed by atoms with Crippen molar-refractivity contribution in [1.29, 1.82) is 5.26 Å². The summed E-state index contributed by atoms with van der Waals surface area (Å²) in [6.07, 6.45) is 3.00. The fourth-order valence-corrected chi connectivity index (χ4v) is 3.71. The molecule has 3 aromatic rings. The number of nitrogens with zero attached hydrogens (tertiary/aromatic N) is 5. The minimum atomic E-state index is -0.354. The summed E-state index contributed by atoms with van der Waals surface area (Å²) in [5, 5.41) is 25.7. The molecule has 1 saturated heterocycles. The summed E-state index contributed by atoms with van der Waals surface area (Å²) in [5.74, 6) is -0.699. The Balaban J connectivity index is 1.44. The topological polar surface area (TPSA) is 97.4 Å². The minimum Gasteiger partial charge on any atom is -0.395 e. The molecule has 2 aromatic carbocycles. The van der Waals surface area contributed by atoms with Crippen molar-refractivity contribution in [2.75, 3.05) is 49.5 Å². The first-order valence-electron chi connectivity index (χ1n) is 10.3. The predicted octanol–water partition coefficient (Wildman–Crippen LogP) is 2.25. The van der Waals surface area contributed by atoms with E-state index in [1.165, 1.54) is 23.0 Å². The van der Waals surface area contributed by atoms with E-state index in [2.05, 4.69) is 26.3 Å². The number of carbonyl (C=O) groups excluding carboxylic acids is 1. The van der Waals surface area contributed by atoms with Gasteiger partial charge in [-0.2, -0.15) is 10.4 Å². The molecule has 1 amide bonds. The summed E-state index contributed by atoms with van der Waals surface area (Å²) in [6, 6.07) is 13.3. The highest BCUT2D eigenvalue weighted by Crippen LogP contribution is 2.25. The number of aromatic nitrogens is 2. The maximum absolute atomic E-state index is 13.1. The molecule has 0 spiro atoms. The second-order valence-corrected chi connectivity index (χ2v) is 7.50. The van der Waals surface area contributed by atoms with Gasteiger partial charge in [0, 0.05) is 44.6 Å². The maximum atomic E-state index is 13.1. The van der Waals surface area contributed by atoms with E-state index in [1.807, 2.05) is 6.07 Å². The van der Waals surface area contributed by atoms with Crippen LogP contribution in [-0.2, 0) is 0 Å².